The molecule has 0 saturated carbocycles. The summed E-state index contributed by atoms with van der Waals surface area (Å²) in [6.45, 7) is 3.29. The Balaban J connectivity index is 1.67. The van der Waals surface area contributed by atoms with E-state index in [9.17, 15) is 0 Å². The zero-order valence-electron chi connectivity index (χ0n) is 18.2. The first-order chi connectivity index (χ1) is 14.7. The molecule has 0 aliphatic carbocycles. The Labute approximate surface area is 178 Å². The Morgan fingerprint density at radius 2 is 1.67 bits per heavy atom. The fourth-order valence-electron chi connectivity index (χ4n) is 2.79. The number of nitrogens with zero attached hydrogens (tertiary/aromatic N) is 1. The van der Waals surface area contributed by atoms with Crippen molar-refractivity contribution < 1.29 is 28.4 Å². The molecule has 1 heterocycles. The molecule has 2 rings (SSSR count). The Morgan fingerprint density at radius 1 is 0.933 bits per heavy atom. The average molecular weight is 421 g/mol. The summed E-state index contributed by atoms with van der Waals surface area (Å²) in [5.41, 5.74) is 1.92. The highest BCUT2D eigenvalue weighted by Crippen LogP contribution is 2.38. The molecule has 0 spiro atoms. The molecule has 1 aromatic carbocycles. The molecule has 0 fully saturated rings. The van der Waals surface area contributed by atoms with Gasteiger partial charge in [-0.3, -0.25) is 4.98 Å². The summed E-state index contributed by atoms with van der Waals surface area (Å²) in [4.78, 5) is 4.27. The van der Waals surface area contributed by atoms with Crippen molar-refractivity contribution in [3.63, 3.8) is 0 Å². The van der Waals surface area contributed by atoms with E-state index in [1.165, 1.54) is 0 Å². The van der Waals surface area contributed by atoms with Crippen LogP contribution < -0.4 is 19.5 Å². The van der Waals surface area contributed by atoms with Crippen LogP contribution in [0.25, 0.3) is 0 Å². The summed E-state index contributed by atoms with van der Waals surface area (Å²) < 4.78 is 33.0. The first-order valence-electron chi connectivity index (χ1n) is 9.79. The van der Waals surface area contributed by atoms with Crippen molar-refractivity contribution >= 4 is 0 Å². The highest BCUT2D eigenvalue weighted by Gasteiger charge is 2.14. The quantitative estimate of drug-likeness (QED) is 0.440. The lowest BCUT2D eigenvalue weighted by molar-refractivity contribution is -0.0441. The normalized spacial score (nSPS) is 11.9. The maximum absolute atomic E-state index is 5.80. The van der Waals surface area contributed by atoms with Gasteiger partial charge in [0.15, 0.2) is 11.5 Å². The van der Waals surface area contributed by atoms with Crippen LogP contribution in [0.5, 0.6) is 17.2 Å². The van der Waals surface area contributed by atoms with Gasteiger partial charge in [-0.25, -0.2) is 0 Å². The lowest BCUT2D eigenvalue weighted by Gasteiger charge is -2.17. The second kappa shape index (κ2) is 13.8. The highest BCUT2D eigenvalue weighted by molar-refractivity contribution is 5.53. The molecule has 0 aliphatic heterocycles. The maximum atomic E-state index is 5.80. The monoisotopic (exact) mass is 420 g/mol. The molecule has 1 unspecified atom stereocenters. The van der Waals surface area contributed by atoms with Gasteiger partial charge in [-0.15, -0.1) is 0 Å². The summed E-state index contributed by atoms with van der Waals surface area (Å²) in [6.07, 6.45) is 1.64. The van der Waals surface area contributed by atoms with Crippen molar-refractivity contribution in [2.24, 2.45) is 0 Å². The topological polar surface area (TPSA) is 80.3 Å². The van der Waals surface area contributed by atoms with Crippen LogP contribution in [0.4, 0.5) is 0 Å². The SMILES string of the molecule is COc1cc(COCC(COCCNCc2ccccn2)OC)cc(OC)c1OC. The number of hydrogen-bond donors (Lipinski definition) is 1. The first kappa shape index (κ1) is 23.9. The van der Waals surface area contributed by atoms with Crippen LogP contribution in [-0.4, -0.2) is 65.9 Å². The third-order valence-corrected chi connectivity index (χ3v) is 4.39. The van der Waals surface area contributed by atoms with Gasteiger partial charge in [0.25, 0.3) is 0 Å². The lowest BCUT2D eigenvalue weighted by Crippen LogP contribution is -2.27. The van der Waals surface area contributed by atoms with Gasteiger partial charge in [0.1, 0.15) is 6.10 Å². The number of ether oxygens (including phenoxy) is 6. The number of rotatable bonds is 15. The van der Waals surface area contributed by atoms with E-state index in [0.29, 0.717) is 43.7 Å². The second-order valence-corrected chi connectivity index (χ2v) is 6.48. The number of hydrogen-bond acceptors (Lipinski definition) is 8. The van der Waals surface area contributed by atoms with Crippen molar-refractivity contribution in [2.45, 2.75) is 19.3 Å². The molecule has 30 heavy (non-hydrogen) atoms. The molecule has 1 atom stereocenters. The fraction of sp³-hybridized carbons (Fsp3) is 0.500. The van der Waals surface area contributed by atoms with E-state index in [2.05, 4.69) is 10.3 Å². The van der Waals surface area contributed by atoms with Crippen LogP contribution in [0.3, 0.4) is 0 Å². The fourth-order valence-corrected chi connectivity index (χ4v) is 2.79. The van der Waals surface area contributed by atoms with E-state index in [1.54, 1.807) is 34.6 Å². The summed E-state index contributed by atoms with van der Waals surface area (Å²) in [6, 6.07) is 9.60. The highest BCUT2D eigenvalue weighted by atomic mass is 16.6. The molecule has 0 bridgehead atoms. The third kappa shape index (κ3) is 7.79. The molecule has 0 radical (unpaired) electrons. The summed E-state index contributed by atoms with van der Waals surface area (Å²) >= 11 is 0. The minimum absolute atomic E-state index is 0.150. The van der Waals surface area contributed by atoms with Crippen molar-refractivity contribution in [3.05, 3.63) is 47.8 Å². The molecule has 8 heteroatoms. The number of aromatic nitrogens is 1. The number of pyridine rings is 1. The van der Waals surface area contributed by atoms with Crippen LogP contribution >= 0.6 is 0 Å². The van der Waals surface area contributed by atoms with E-state index in [1.807, 2.05) is 30.3 Å². The molecular weight excluding hydrogens is 388 g/mol. The van der Waals surface area contributed by atoms with Gasteiger partial charge in [-0.05, 0) is 29.8 Å². The van der Waals surface area contributed by atoms with Crippen molar-refractivity contribution in [3.8, 4) is 17.2 Å². The third-order valence-electron chi connectivity index (χ3n) is 4.39. The second-order valence-electron chi connectivity index (χ2n) is 6.48. The van der Waals surface area contributed by atoms with Gasteiger partial charge in [-0.2, -0.15) is 0 Å². The van der Waals surface area contributed by atoms with Crippen LogP contribution in [0.2, 0.25) is 0 Å². The van der Waals surface area contributed by atoms with Gasteiger partial charge in [-0.1, -0.05) is 6.07 Å². The van der Waals surface area contributed by atoms with Gasteiger partial charge >= 0.3 is 0 Å². The van der Waals surface area contributed by atoms with Crippen molar-refractivity contribution in [2.75, 3.05) is 54.8 Å². The summed E-state index contributed by atoms with van der Waals surface area (Å²) in [5, 5.41) is 3.30. The molecule has 0 saturated heterocycles. The minimum atomic E-state index is -0.150. The molecule has 1 N–H and O–H groups in total. The van der Waals surface area contributed by atoms with Crippen LogP contribution in [0, 0.1) is 0 Å². The van der Waals surface area contributed by atoms with Gasteiger partial charge in [0.2, 0.25) is 5.75 Å². The Morgan fingerprint density at radius 3 is 2.27 bits per heavy atom. The standard InChI is InChI=1S/C22H32N2O6/c1-25-19(15-29-10-9-23-13-18-7-5-6-8-24-18)16-30-14-17-11-20(26-2)22(28-4)21(12-17)27-3/h5-8,11-12,19,23H,9-10,13-16H2,1-4H3. The Bertz CT molecular complexity index is 704. The van der Waals surface area contributed by atoms with E-state index in [0.717, 1.165) is 24.3 Å². The largest absolute Gasteiger partial charge is 0.493 e. The van der Waals surface area contributed by atoms with Gasteiger partial charge in [0.05, 0.1) is 53.5 Å². The first-order valence-corrected chi connectivity index (χ1v) is 9.79. The van der Waals surface area contributed by atoms with Crippen molar-refractivity contribution in [1.29, 1.82) is 0 Å². The number of nitrogens with one attached hydrogen (secondary N) is 1. The maximum Gasteiger partial charge on any atom is 0.203 e. The number of methoxy groups -OCH3 is 4. The van der Waals surface area contributed by atoms with E-state index in [4.69, 9.17) is 28.4 Å². The zero-order valence-corrected chi connectivity index (χ0v) is 18.2. The van der Waals surface area contributed by atoms with Crippen LogP contribution in [0.15, 0.2) is 36.5 Å². The molecule has 2 aromatic rings. The van der Waals surface area contributed by atoms with E-state index < -0.39 is 0 Å². The molecule has 1 aromatic heterocycles. The number of benzene rings is 1. The molecular formula is C22H32N2O6. The van der Waals surface area contributed by atoms with E-state index in [-0.39, 0.29) is 6.10 Å². The summed E-state index contributed by atoms with van der Waals surface area (Å²) in [5.74, 6) is 1.75. The van der Waals surface area contributed by atoms with Gasteiger partial charge in [0, 0.05) is 26.4 Å². The molecule has 166 valence electrons. The predicted octanol–water partition coefficient (Wildman–Crippen LogP) is 2.45. The average Bonchev–Trinajstić information content (AvgIpc) is 2.79. The predicted molar refractivity (Wildman–Crippen MR) is 113 cm³/mol. The molecule has 0 amide bonds. The Kier molecular flexibility index (Phi) is 11.0. The van der Waals surface area contributed by atoms with Gasteiger partial charge < -0.3 is 33.7 Å². The minimum Gasteiger partial charge on any atom is -0.493 e. The smallest absolute Gasteiger partial charge is 0.203 e. The summed E-state index contributed by atoms with van der Waals surface area (Å²) in [7, 11) is 6.40. The Hall–Kier alpha value is -2.39. The molecule has 0 aliphatic rings. The van der Waals surface area contributed by atoms with Crippen molar-refractivity contribution in [1.82, 2.24) is 10.3 Å². The zero-order chi connectivity index (χ0) is 21.6. The van der Waals surface area contributed by atoms with Crippen LogP contribution in [0.1, 0.15) is 11.3 Å². The molecule has 8 nitrogen and oxygen atoms in total. The lowest BCUT2D eigenvalue weighted by atomic mass is 10.2. The van der Waals surface area contributed by atoms with E-state index >= 15 is 0 Å². The van der Waals surface area contributed by atoms with Crippen LogP contribution in [-0.2, 0) is 27.4 Å².